The van der Waals surface area contributed by atoms with Gasteiger partial charge in [-0.05, 0) is 75.4 Å². The molecular weight excluding hydrogens is 549 g/mol. The zero-order valence-electron chi connectivity index (χ0n) is 23.9. The number of alkyl halides is 3. The number of hydrogen-bond acceptors (Lipinski definition) is 7. The average Bonchev–Trinajstić information content (AvgIpc) is 3.63. The van der Waals surface area contributed by atoms with Crippen LogP contribution in [0.3, 0.4) is 0 Å². The van der Waals surface area contributed by atoms with Gasteiger partial charge in [0.15, 0.2) is 0 Å². The predicted octanol–water partition coefficient (Wildman–Crippen LogP) is 4.74. The quantitative estimate of drug-likeness (QED) is 0.359. The number of likely N-dealkylation sites (N-methyl/N-ethyl adjacent to an activating group) is 1. The van der Waals surface area contributed by atoms with Crippen LogP contribution in [0.25, 0.3) is 22.3 Å². The molecule has 0 radical (unpaired) electrons. The Hall–Kier alpha value is -3.69. The number of nitrogens with zero attached hydrogens (tertiary/aromatic N) is 6. The molecule has 1 aromatic carbocycles. The minimum Gasteiger partial charge on any atom is -0.493 e. The van der Waals surface area contributed by atoms with Gasteiger partial charge in [-0.2, -0.15) is 18.4 Å². The topological polar surface area (TPSA) is 96.5 Å². The minimum atomic E-state index is -4.65. The van der Waals surface area contributed by atoms with Gasteiger partial charge >= 0.3 is 6.18 Å². The number of fused-ring (bicyclic) bond motifs is 1. The summed E-state index contributed by atoms with van der Waals surface area (Å²) >= 11 is 0. The van der Waals surface area contributed by atoms with Crippen molar-refractivity contribution in [3.63, 3.8) is 0 Å². The third kappa shape index (κ3) is 6.85. The van der Waals surface area contributed by atoms with Gasteiger partial charge in [-0.25, -0.2) is 9.97 Å². The number of carbonyl (C=O) groups is 1. The fourth-order valence-corrected chi connectivity index (χ4v) is 5.62. The first-order valence-corrected chi connectivity index (χ1v) is 14.3. The number of hydrogen-bond donors (Lipinski definition) is 0. The second-order valence-electron chi connectivity index (χ2n) is 11.2. The molecule has 2 aliphatic rings. The van der Waals surface area contributed by atoms with Crippen molar-refractivity contribution in [2.75, 3.05) is 46.9 Å². The SMILES string of the molecule is CN(C)C(=O)CN1CCC(CCOc2ccc(-c3nc(C#N)nc4c3ccn4CC3CCCO3)cc2C(F)(F)F)CC1. The molecule has 1 atom stereocenters. The third-order valence-electron chi connectivity index (χ3n) is 8.05. The van der Waals surface area contributed by atoms with Crippen molar-refractivity contribution >= 4 is 16.9 Å². The molecule has 12 heteroatoms. The average molecular weight is 585 g/mol. The molecule has 4 heterocycles. The first-order chi connectivity index (χ1) is 20.1. The van der Waals surface area contributed by atoms with Crippen LogP contribution in [0.2, 0.25) is 0 Å². The van der Waals surface area contributed by atoms with E-state index in [1.54, 1.807) is 37.3 Å². The van der Waals surface area contributed by atoms with Crippen LogP contribution in [0.1, 0.15) is 43.5 Å². The van der Waals surface area contributed by atoms with Gasteiger partial charge < -0.3 is 18.9 Å². The Labute approximate surface area is 242 Å². The first kappa shape index (κ1) is 29.8. The number of halogens is 3. The van der Waals surface area contributed by atoms with Crippen LogP contribution in [0.4, 0.5) is 13.2 Å². The van der Waals surface area contributed by atoms with Gasteiger partial charge in [0.2, 0.25) is 11.7 Å². The van der Waals surface area contributed by atoms with Crippen LogP contribution in [0.5, 0.6) is 5.75 Å². The summed E-state index contributed by atoms with van der Waals surface area (Å²) in [7, 11) is 3.46. The molecule has 1 unspecified atom stereocenters. The lowest BCUT2D eigenvalue weighted by molar-refractivity contribution is -0.139. The number of benzene rings is 1. The maximum atomic E-state index is 14.2. The number of piperidine rings is 1. The molecule has 0 bridgehead atoms. The molecule has 2 aliphatic heterocycles. The van der Waals surface area contributed by atoms with E-state index in [4.69, 9.17) is 9.47 Å². The number of rotatable bonds is 9. The lowest BCUT2D eigenvalue weighted by Crippen LogP contribution is -2.41. The fourth-order valence-electron chi connectivity index (χ4n) is 5.62. The van der Waals surface area contributed by atoms with E-state index < -0.39 is 11.7 Å². The third-order valence-corrected chi connectivity index (χ3v) is 8.05. The number of likely N-dealkylation sites (tertiary alicyclic amines) is 1. The Morgan fingerprint density at radius 3 is 2.64 bits per heavy atom. The lowest BCUT2D eigenvalue weighted by Gasteiger charge is -2.32. The van der Waals surface area contributed by atoms with E-state index in [1.165, 1.54) is 6.07 Å². The molecule has 2 fully saturated rings. The van der Waals surface area contributed by atoms with Gasteiger partial charge in [0.1, 0.15) is 17.5 Å². The summed E-state index contributed by atoms with van der Waals surface area (Å²) < 4.78 is 55.9. The number of amides is 1. The van der Waals surface area contributed by atoms with Crippen LogP contribution in [-0.4, -0.2) is 83.3 Å². The molecule has 42 heavy (non-hydrogen) atoms. The van der Waals surface area contributed by atoms with E-state index in [0.717, 1.165) is 44.8 Å². The normalized spacial score (nSPS) is 18.3. The summed E-state index contributed by atoms with van der Waals surface area (Å²) in [6, 6.07) is 7.62. The largest absolute Gasteiger partial charge is 0.493 e. The highest BCUT2D eigenvalue weighted by Gasteiger charge is 2.35. The molecule has 0 saturated carbocycles. The van der Waals surface area contributed by atoms with Crippen LogP contribution >= 0.6 is 0 Å². The van der Waals surface area contributed by atoms with Crippen LogP contribution in [-0.2, 0) is 22.3 Å². The second kappa shape index (κ2) is 12.7. The Balaban J connectivity index is 1.30. The number of nitriles is 1. The van der Waals surface area contributed by atoms with Crippen LogP contribution in [0.15, 0.2) is 30.5 Å². The standard InChI is InChI=1S/C30H35F3N6O3/c1-37(2)27(40)19-38-11-7-20(8-12-38)10-15-42-25-6-5-21(16-24(25)30(31,32)33)28-23-9-13-39(18-22-4-3-14-41-22)29(23)36-26(17-34)35-28/h5-6,9,13,16,20,22H,3-4,7-8,10-12,14-15,18-19H2,1-2H3. The van der Waals surface area contributed by atoms with Crippen molar-refractivity contribution in [3.8, 4) is 23.1 Å². The van der Waals surface area contributed by atoms with Gasteiger partial charge in [0, 0.05) is 37.8 Å². The number of aromatic nitrogens is 3. The first-order valence-electron chi connectivity index (χ1n) is 14.3. The molecule has 0 spiro atoms. The van der Waals surface area contributed by atoms with Crippen molar-refractivity contribution < 1.29 is 27.4 Å². The summed E-state index contributed by atoms with van der Waals surface area (Å²) in [5, 5.41) is 10.1. The second-order valence-corrected chi connectivity index (χ2v) is 11.2. The van der Waals surface area contributed by atoms with Crippen molar-refractivity contribution in [3.05, 3.63) is 41.9 Å². The minimum absolute atomic E-state index is 0.0256. The highest BCUT2D eigenvalue weighted by Crippen LogP contribution is 2.40. The molecule has 9 nitrogen and oxygen atoms in total. The van der Waals surface area contributed by atoms with E-state index in [9.17, 15) is 23.2 Å². The molecule has 3 aromatic rings. The monoisotopic (exact) mass is 584 g/mol. The van der Waals surface area contributed by atoms with E-state index in [1.807, 2.05) is 10.6 Å². The molecule has 1 amide bonds. The van der Waals surface area contributed by atoms with Crippen LogP contribution in [0, 0.1) is 17.2 Å². The Morgan fingerprint density at radius 2 is 1.98 bits per heavy atom. The van der Waals surface area contributed by atoms with E-state index >= 15 is 0 Å². The molecule has 224 valence electrons. The van der Waals surface area contributed by atoms with E-state index in [0.29, 0.717) is 43.1 Å². The van der Waals surface area contributed by atoms with Gasteiger partial charge in [0.25, 0.3) is 0 Å². The molecule has 2 saturated heterocycles. The lowest BCUT2D eigenvalue weighted by atomic mass is 9.94. The van der Waals surface area contributed by atoms with E-state index in [-0.39, 0.29) is 41.4 Å². The zero-order valence-corrected chi connectivity index (χ0v) is 23.9. The van der Waals surface area contributed by atoms with Crippen LogP contribution < -0.4 is 4.74 Å². The van der Waals surface area contributed by atoms with Crippen molar-refractivity contribution in [1.82, 2.24) is 24.3 Å². The molecular formula is C30H35F3N6O3. The molecule has 0 N–H and O–H groups in total. The molecule has 5 rings (SSSR count). The van der Waals surface area contributed by atoms with Crippen molar-refractivity contribution in [2.45, 2.75) is 50.9 Å². The van der Waals surface area contributed by atoms with Crippen molar-refractivity contribution in [2.24, 2.45) is 5.92 Å². The smallest absolute Gasteiger partial charge is 0.419 e. The van der Waals surface area contributed by atoms with Gasteiger partial charge in [-0.3, -0.25) is 9.69 Å². The highest BCUT2D eigenvalue weighted by atomic mass is 19.4. The van der Waals surface area contributed by atoms with Crippen molar-refractivity contribution in [1.29, 1.82) is 5.26 Å². The summed E-state index contributed by atoms with van der Waals surface area (Å²) in [5.41, 5.74) is 0.0893. The Kier molecular flexibility index (Phi) is 8.99. The summed E-state index contributed by atoms with van der Waals surface area (Å²) in [4.78, 5) is 24.3. The Morgan fingerprint density at radius 1 is 1.19 bits per heavy atom. The van der Waals surface area contributed by atoms with E-state index in [2.05, 4.69) is 14.9 Å². The van der Waals surface area contributed by atoms with Gasteiger partial charge in [-0.1, -0.05) is 0 Å². The highest BCUT2D eigenvalue weighted by molar-refractivity contribution is 5.91. The zero-order chi connectivity index (χ0) is 29.9. The van der Waals surface area contributed by atoms with Gasteiger partial charge in [-0.15, -0.1) is 0 Å². The number of ether oxygens (including phenoxy) is 2. The van der Waals surface area contributed by atoms with Gasteiger partial charge in [0.05, 0.1) is 37.1 Å². The fraction of sp³-hybridized carbons (Fsp3) is 0.533. The maximum absolute atomic E-state index is 14.2. The Bertz CT molecular complexity index is 1450. The summed E-state index contributed by atoms with van der Waals surface area (Å²) in [6.45, 7) is 3.33. The predicted molar refractivity (Wildman–Crippen MR) is 150 cm³/mol. The summed E-state index contributed by atoms with van der Waals surface area (Å²) in [5.74, 6) is 0.0298. The number of carbonyl (C=O) groups excluding carboxylic acids is 1. The maximum Gasteiger partial charge on any atom is 0.419 e. The molecule has 0 aliphatic carbocycles. The molecule has 2 aromatic heterocycles. The summed E-state index contributed by atoms with van der Waals surface area (Å²) in [6.07, 6.45) is 1.43.